The van der Waals surface area contributed by atoms with Crippen LogP contribution in [0, 0.1) is 0 Å². The van der Waals surface area contributed by atoms with Crippen LogP contribution in [0.2, 0.25) is 0 Å². The van der Waals surface area contributed by atoms with Crippen LogP contribution in [0.25, 0.3) is 0 Å². The van der Waals surface area contributed by atoms with E-state index in [-0.39, 0.29) is 17.2 Å². The number of carbonyl (C=O) groups excluding carboxylic acids is 2. The molecule has 0 aliphatic rings. The Morgan fingerprint density at radius 3 is 2.56 bits per heavy atom. The lowest BCUT2D eigenvalue weighted by Gasteiger charge is -2.09. The van der Waals surface area contributed by atoms with Gasteiger partial charge in [0.15, 0.2) is 0 Å². The molecule has 0 spiro atoms. The van der Waals surface area contributed by atoms with Crippen LogP contribution >= 0.6 is 11.8 Å². The molecular weight excluding hydrogens is 228 g/mol. The molecule has 0 aromatic carbocycles. The fourth-order valence-corrected chi connectivity index (χ4v) is 1.72. The molecule has 94 valence electrons. The largest absolute Gasteiger partial charge is 0.469 e. The number of ether oxygens (including phenoxy) is 2. The number of unbranched alkanes of at least 4 members (excludes halogenated alkanes) is 1. The molecule has 0 aromatic heterocycles. The van der Waals surface area contributed by atoms with Gasteiger partial charge in [-0.2, -0.15) is 0 Å². The third-order valence-corrected chi connectivity index (χ3v) is 3.07. The second-order valence-electron chi connectivity index (χ2n) is 3.48. The van der Waals surface area contributed by atoms with Gasteiger partial charge in [0, 0.05) is 5.25 Å². The Hall–Kier alpha value is -0.710. The van der Waals surface area contributed by atoms with E-state index in [0.29, 0.717) is 18.8 Å². The minimum absolute atomic E-state index is 0.0752. The first-order valence-corrected chi connectivity index (χ1v) is 6.49. The molecule has 0 radical (unpaired) electrons. The predicted molar refractivity (Wildman–Crippen MR) is 64.4 cm³/mol. The Bertz CT molecular complexity index is 218. The van der Waals surface area contributed by atoms with Crippen molar-refractivity contribution >= 4 is 23.7 Å². The van der Waals surface area contributed by atoms with Crippen molar-refractivity contribution in [1.29, 1.82) is 0 Å². The van der Waals surface area contributed by atoms with Gasteiger partial charge in [0.2, 0.25) is 0 Å². The van der Waals surface area contributed by atoms with E-state index in [1.807, 2.05) is 13.8 Å². The van der Waals surface area contributed by atoms with Crippen LogP contribution in [0.5, 0.6) is 0 Å². The lowest BCUT2D eigenvalue weighted by Crippen LogP contribution is -2.13. The van der Waals surface area contributed by atoms with Gasteiger partial charge in [-0.15, -0.1) is 11.8 Å². The number of rotatable bonds is 8. The summed E-state index contributed by atoms with van der Waals surface area (Å²) >= 11 is 1.41. The van der Waals surface area contributed by atoms with Crippen LogP contribution in [0.1, 0.15) is 33.1 Å². The van der Waals surface area contributed by atoms with Crippen molar-refractivity contribution in [3.8, 4) is 0 Å². The van der Waals surface area contributed by atoms with Gasteiger partial charge in [-0.3, -0.25) is 9.59 Å². The minimum Gasteiger partial charge on any atom is -0.469 e. The molecule has 4 nitrogen and oxygen atoms in total. The standard InChI is InChI=1S/C11H20O4S/c1-4-5-6-15-11(13)8-16-9(2)7-10(12)14-3/h9H,4-8H2,1-3H3. The summed E-state index contributed by atoms with van der Waals surface area (Å²) < 4.78 is 9.53. The molecule has 0 N–H and O–H groups in total. The van der Waals surface area contributed by atoms with Crippen molar-refractivity contribution in [3.05, 3.63) is 0 Å². The van der Waals surface area contributed by atoms with Crippen molar-refractivity contribution in [1.82, 2.24) is 0 Å². The zero-order chi connectivity index (χ0) is 12.4. The zero-order valence-electron chi connectivity index (χ0n) is 10.2. The highest BCUT2D eigenvalue weighted by atomic mass is 32.2. The second-order valence-corrected chi connectivity index (χ2v) is 4.90. The molecule has 0 rings (SSSR count). The molecule has 0 aromatic rings. The Labute approximate surface area is 101 Å². The highest BCUT2D eigenvalue weighted by Gasteiger charge is 2.12. The molecule has 0 aliphatic carbocycles. The summed E-state index contributed by atoms with van der Waals surface area (Å²) in [6.07, 6.45) is 2.23. The second kappa shape index (κ2) is 9.51. The Morgan fingerprint density at radius 2 is 2.00 bits per heavy atom. The van der Waals surface area contributed by atoms with Crippen LogP contribution in [0.3, 0.4) is 0 Å². The monoisotopic (exact) mass is 248 g/mol. The third kappa shape index (κ3) is 8.59. The van der Waals surface area contributed by atoms with Gasteiger partial charge in [0.1, 0.15) is 0 Å². The Morgan fingerprint density at radius 1 is 1.31 bits per heavy atom. The zero-order valence-corrected chi connectivity index (χ0v) is 11.0. The molecule has 0 saturated carbocycles. The van der Waals surface area contributed by atoms with Crippen molar-refractivity contribution in [2.75, 3.05) is 19.5 Å². The summed E-state index contributed by atoms with van der Waals surface area (Å²) in [5.74, 6) is -0.170. The lowest BCUT2D eigenvalue weighted by atomic mass is 10.3. The smallest absolute Gasteiger partial charge is 0.315 e. The van der Waals surface area contributed by atoms with Crippen LogP contribution < -0.4 is 0 Å². The fourth-order valence-electron chi connectivity index (χ4n) is 0.959. The molecular formula is C11H20O4S. The van der Waals surface area contributed by atoms with Gasteiger partial charge >= 0.3 is 11.9 Å². The van der Waals surface area contributed by atoms with Gasteiger partial charge in [-0.1, -0.05) is 20.3 Å². The average molecular weight is 248 g/mol. The molecule has 0 heterocycles. The summed E-state index contributed by atoms with van der Waals surface area (Å²) in [5.41, 5.74) is 0. The number of hydrogen-bond donors (Lipinski definition) is 0. The van der Waals surface area contributed by atoms with E-state index in [4.69, 9.17) is 4.74 Å². The van der Waals surface area contributed by atoms with E-state index in [9.17, 15) is 9.59 Å². The van der Waals surface area contributed by atoms with E-state index < -0.39 is 0 Å². The molecule has 16 heavy (non-hydrogen) atoms. The quantitative estimate of drug-likeness (QED) is 0.486. The summed E-state index contributed by atoms with van der Waals surface area (Å²) in [6.45, 7) is 4.42. The number of methoxy groups -OCH3 is 1. The lowest BCUT2D eigenvalue weighted by molar-refractivity contribution is -0.141. The molecule has 0 aliphatic heterocycles. The van der Waals surface area contributed by atoms with E-state index >= 15 is 0 Å². The summed E-state index contributed by atoms with van der Waals surface area (Å²) in [6, 6.07) is 0. The Balaban J connectivity index is 3.54. The van der Waals surface area contributed by atoms with E-state index in [2.05, 4.69) is 4.74 Å². The van der Waals surface area contributed by atoms with Gasteiger partial charge in [0.05, 0.1) is 25.9 Å². The number of carbonyl (C=O) groups is 2. The van der Waals surface area contributed by atoms with Crippen LogP contribution in [0.4, 0.5) is 0 Å². The maximum absolute atomic E-state index is 11.2. The highest BCUT2D eigenvalue weighted by molar-refractivity contribution is 8.00. The molecule has 1 unspecified atom stereocenters. The third-order valence-electron chi connectivity index (χ3n) is 1.93. The first-order valence-electron chi connectivity index (χ1n) is 5.44. The van der Waals surface area contributed by atoms with Crippen molar-refractivity contribution in [2.45, 2.75) is 38.4 Å². The molecule has 1 atom stereocenters. The SMILES string of the molecule is CCCCOC(=O)CSC(C)CC(=O)OC. The van der Waals surface area contributed by atoms with Crippen molar-refractivity contribution in [3.63, 3.8) is 0 Å². The van der Waals surface area contributed by atoms with Crippen molar-refractivity contribution in [2.24, 2.45) is 0 Å². The van der Waals surface area contributed by atoms with Gasteiger partial charge in [0.25, 0.3) is 0 Å². The first kappa shape index (κ1) is 15.3. The average Bonchev–Trinajstić information content (AvgIpc) is 2.26. The molecule has 0 bridgehead atoms. The van der Waals surface area contributed by atoms with E-state index in [1.165, 1.54) is 18.9 Å². The number of esters is 2. The van der Waals surface area contributed by atoms with E-state index in [0.717, 1.165) is 12.8 Å². The number of hydrogen-bond acceptors (Lipinski definition) is 5. The number of thioether (sulfide) groups is 1. The summed E-state index contributed by atoms with van der Waals surface area (Å²) in [5, 5.41) is 0.0752. The van der Waals surface area contributed by atoms with Gasteiger partial charge in [-0.25, -0.2) is 0 Å². The summed E-state index contributed by atoms with van der Waals surface area (Å²) in [4.78, 5) is 22.1. The highest BCUT2D eigenvalue weighted by Crippen LogP contribution is 2.14. The fraction of sp³-hybridized carbons (Fsp3) is 0.818. The molecule has 5 heteroatoms. The topological polar surface area (TPSA) is 52.6 Å². The summed E-state index contributed by atoms with van der Waals surface area (Å²) in [7, 11) is 1.36. The normalized spacial score (nSPS) is 11.9. The van der Waals surface area contributed by atoms with Crippen molar-refractivity contribution < 1.29 is 19.1 Å². The molecule has 0 saturated heterocycles. The van der Waals surface area contributed by atoms with Gasteiger partial charge < -0.3 is 9.47 Å². The molecule has 0 fully saturated rings. The maximum atomic E-state index is 11.2. The first-order chi connectivity index (χ1) is 7.60. The van der Waals surface area contributed by atoms with E-state index in [1.54, 1.807) is 0 Å². The maximum Gasteiger partial charge on any atom is 0.315 e. The molecule has 0 amide bonds. The van der Waals surface area contributed by atoms with Crippen LogP contribution in [-0.4, -0.2) is 36.7 Å². The Kier molecular flexibility index (Phi) is 9.09. The van der Waals surface area contributed by atoms with Crippen LogP contribution in [-0.2, 0) is 19.1 Å². The van der Waals surface area contributed by atoms with Gasteiger partial charge in [-0.05, 0) is 6.42 Å². The predicted octanol–water partition coefficient (Wildman–Crippen LogP) is 2.01. The van der Waals surface area contributed by atoms with Crippen LogP contribution in [0.15, 0.2) is 0 Å². The minimum atomic E-state index is -0.251.